The molecule has 5 nitrogen and oxygen atoms in total. The lowest BCUT2D eigenvalue weighted by Crippen LogP contribution is -2.12. The van der Waals surface area contributed by atoms with Crippen LogP contribution in [0.5, 0.6) is 5.75 Å². The third kappa shape index (κ3) is 3.14. The van der Waals surface area contributed by atoms with E-state index in [1.807, 2.05) is 29.9 Å². The monoisotopic (exact) mass is 340 g/mol. The fourth-order valence-corrected chi connectivity index (χ4v) is 3.29. The summed E-state index contributed by atoms with van der Waals surface area (Å²) in [5, 5.41) is 2.75. The minimum atomic E-state index is -0.0922. The first kappa shape index (κ1) is 16.1. The number of aldehydes is 1. The van der Waals surface area contributed by atoms with Crippen LogP contribution in [-0.4, -0.2) is 28.2 Å². The Bertz CT molecular complexity index is 865. The van der Waals surface area contributed by atoms with Gasteiger partial charge in [-0.1, -0.05) is 0 Å². The fourth-order valence-electron chi connectivity index (χ4n) is 2.54. The molecule has 122 valence electrons. The molecular formula is C18H16N2O3S. The second-order valence-corrected chi connectivity index (χ2v) is 6.21. The normalized spacial score (nSPS) is 10.6. The Morgan fingerprint density at radius 1 is 1.29 bits per heavy atom. The highest BCUT2D eigenvalue weighted by atomic mass is 32.1. The Morgan fingerprint density at radius 2 is 2.04 bits per heavy atom. The number of aromatic nitrogens is 2. The van der Waals surface area contributed by atoms with Crippen LogP contribution in [-0.2, 0) is 0 Å². The van der Waals surface area contributed by atoms with Gasteiger partial charge in [-0.2, -0.15) is 0 Å². The topological polar surface area (TPSA) is 61.2 Å². The van der Waals surface area contributed by atoms with E-state index in [1.54, 1.807) is 30.5 Å². The van der Waals surface area contributed by atoms with Crippen molar-refractivity contribution < 1.29 is 14.3 Å². The molecule has 0 amide bonds. The molecule has 0 aliphatic heterocycles. The van der Waals surface area contributed by atoms with Crippen molar-refractivity contribution in [3.63, 3.8) is 0 Å². The fraction of sp³-hybridized carbons (Fsp3) is 0.167. The molecular weight excluding hydrogens is 324 g/mol. The van der Waals surface area contributed by atoms with Crippen LogP contribution in [0.1, 0.15) is 32.1 Å². The average Bonchev–Trinajstić information content (AvgIpc) is 3.21. The number of carbonyl (C=O) groups is 2. The van der Waals surface area contributed by atoms with Gasteiger partial charge in [0, 0.05) is 34.1 Å². The summed E-state index contributed by atoms with van der Waals surface area (Å²) >= 11 is 1.52. The van der Waals surface area contributed by atoms with Gasteiger partial charge in [0.25, 0.3) is 0 Å². The largest absolute Gasteiger partial charge is 0.485 e. The maximum absolute atomic E-state index is 12.5. The number of rotatable bonds is 6. The number of ether oxygens (including phenoxy) is 1. The zero-order valence-corrected chi connectivity index (χ0v) is 14.2. The van der Waals surface area contributed by atoms with Crippen molar-refractivity contribution in [3.8, 4) is 10.9 Å². The lowest BCUT2D eigenvalue weighted by molar-refractivity contribution is 0.0920. The SMILES string of the molecule is Cc1cc(C(=O)COc2ccc(C=O)cc2)c(C)n1-c1nccs1. The Morgan fingerprint density at radius 3 is 2.67 bits per heavy atom. The standard InChI is InChI=1S/C18H16N2O3S/c1-12-9-16(13(2)20(12)18-19-7-8-24-18)17(22)11-23-15-5-3-14(10-21)4-6-15/h3-10H,11H2,1-2H3. The van der Waals surface area contributed by atoms with Gasteiger partial charge in [-0.15, -0.1) is 11.3 Å². The van der Waals surface area contributed by atoms with E-state index >= 15 is 0 Å². The molecule has 0 aliphatic carbocycles. The zero-order chi connectivity index (χ0) is 17.1. The van der Waals surface area contributed by atoms with Crippen molar-refractivity contribution in [3.05, 3.63) is 64.4 Å². The van der Waals surface area contributed by atoms with E-state index in [1.165, 1.54) is 11.3 Å². The Labute approximate surface area is 143 Å². The Kier molecular flexibility index (Phi) is 4.57. The lowest BCUT2D eigenvalue weighted by atomic mass is 10.1. The van der Waals surface area contributed by atoms with Crippen LogP contribution in [0.2, 0.25) is 0 Å². The summed E-state index contributed by atoms with van der Waals surface area (Å²) in [4.78, 5) is 27.4. The van der Waals surface area contributed by atoms with Crippen molar-refractivity contribution in [2.75, 3.05) is 6.61 Å². The third-order valence-corrected chi connectivity index (χ3v) is 4.48. The molecule has 3 aromatic rings. The molecule has 1 aromatic carbocycles. The van der Waals surface area contributed by atoms with E-state index in [2.05, 4.69) is 4.98 Å². The number of Topliss-reactive ketones (excluding diaryl/α,β-unsaturated/α-hetero) is 1. The van der Waals surface area contributed by atoms with E-state index in [9.17, 15) is 9.59 Å². The number of ketones is 1. The van der Waals surface area contributed by atoms with Crippen molar-refractivity contribution in [2.24, 2.45) is 0 Å². The van der Waals surface area contributed by atoms with Crippen LogP contribution in [0, 0.1) is 13.8 Å². The summed E-state index contributed by atoms with van der Waals surface area (Å²) in [6, 6.07) is 8.52. The molecule has 3 rings (SSSR count). The van der Waals surface area contributed by atoms with Crippen LogP contribution in [0.3, 0.4) is 0 Å². The minimum Gasteiger partial charge on any atom is -0.485 e. The quantitative estimate of drug-likeness (QED) is 0.508. The molecule has 0 saturated carbocycles. The number of aryl methyl sites for hydroxylation is 1. The smallest absolute Gasteiger partial charge is 0.202 e. The van der Waals surface area contributed by atoms with Gasteiger partial charge in [0.1, 0.15) is 12.0 Å². The predicted octanol–water partition coefficient (Wildman–Crippen LogP) is 3.62. The molecule has 0 aliphatic rings. The second kappa shape index (κ2) is 6.80. The summed E-state index contributed by atoms with van der Waals surface area (Å²) in [5.74, 6) is 0.466. The number of thiazole rings is 1. The molecule has 2 heterocycles. The van der Waals surface area contributed by atoms with Crippen molar-refractivity contribution in [1.29, 1.82) is 0 Å². The average molecular weight is 340 g/mol. The highest BCUT2D eigenvalue weighted by Crippen LogP contribution is 2.23. The molecule has 0 atom stereocenters. The highest BCUT2D eigenvalue weighted by Gasteiger charge is 2.18. The van der Waals surface area contributed by atoms with E-state index < -0.39 is 0 Å². The van der Waals surface area contributed by atoms with Gasteiger partial charge in [0.05, 0.1) is 0 Å². The maximum Gasteiger partial charge on any atom is 0.202 e. The van der Waals surface area contributed by atoms with E-state index in [0.717, 1.165) is 22.8 Å². The van der Waals surface area contributed by atoms with Gasteiger partial charge in [-0.05, 0) is 44.2 Å². The molecule has 0 saturated heterocycles. The summed E-state index contributed by atoms with van der Waals surface area (Å²) in [5.41, 5.74) is 3.02. The number of benzene rings is 1. The Balaban J connectivity index is 1.75. The molecule has 0 fully saturated rings. The summed E-state index contributed by atoms with van der Waals surface area (Å²) in [6.07, 6.45) is 2.51. The summed E-state index contributed by atoms with van der Waals surface area (Å²) in [6.45, 7) is 3.80. The molecule has 0 unspecified atom stereocenters. The predicted molar refractivity (Wildman–Crippen MR) is 92.6 cm³/mol. The first-order valence-electron chi connectivity index (χ1n) is 7.40. The lowest BCUT2D eigenvalue weighted by Gasteiger charge is -2.07. The van der Waals surface area contributed by atoms with Gasteiger partial charge in [-0.25, -0.2) is 4.98 Å². The van der Waals surface area contributed by atoms with E-state index in [0.29, 0.717) is 16.9 Å². The number of hydrogen-bond acceptors (Lipinski definition) is 5. The highest BCUT2D eigenvalue weighted by molar-refractivity contribution is 7.12. The van der Waals surface area contributed by atoms with Crippen molar-refractivity contribution in [1.82, 2.24) is 9.55 Å². The van der Waals surface area contributed by atoms with Gasteiger partial charge in [0.15, 0.2) is 11.7 Å². The second-order valence-electron chi connectivity index (χ2n) is 5.33. The third-order valence-electron chi connectivity index (χ3n) is 3.73. The van der Waals surface area contributed by atoms with Gasteiger partial charge in [-0.3, -0.25) is 14.2 Å². The molecule has 0 bridgehead atoms. The maximum atomic E-state index is 12.5. The summed E-state index contributed by atoms with van der Waals surface area (Å²) < 4.78 is 7.50. The first-order valence-corrected chi connectivity index (χ1v) is 8.28. The van der Waals surface area contributed by atoms with Crippen LogP contribution in [0.25, 0.3) is 5.13 Å². The van der Waals surface area contributed by atoms with Gasteiger partial charge in [0.2, 0.25) is 5.78 Å². The van der Waals surface area contributed by atoms with Crippen LogP contribution in [0.15, 0.2) is 41.9 Å². The van der Waals surface area contributed by atoms with Gasteiger partial charge >= 0.3 is 0 Å². The molecule has 6 heteroatoms. The molecule has 24 heavy (non-hydrogen) atoms. The van der Waals surface area contributed by atoms with Crippen LogP contribution in [0.4, 0.5) is 0 Å². The van der Waals surface area contributed by atoms with Gasteiger partial charge < -0.3 is 4.74 Å². The zero-order valence-electron chi connectivity index (χ0n) is 13.4. The van der Waals surface area contributed by atoms with Crippen LogP contribution >= 0.6 is 11.3 Å². The number of carbonyl (C=O) groups excluding carboxylic acids is 2. The summed E-state index contributed by atoms with van der Waals surface area (Å²) in [7, 11) is 0. The van der Waals surface area contributed by atoms with E-state index in [4.69, 9.17) is 4.74 Å². The molecule has 2 aromatic heterocycles. The van der Waals surface area contributed by atoms with Crippen molar-refractivity contribution in [2.45, 2.75) is 13.8 Å². The van der Waals surface area contributed by atoms with Crippen molar-refractivity contribution >= 4 is 23.4 Å². The van der Waals surface area contributed by atoms with Crippen LogP contribution < -0.4 is 4.74 Å². The molecule has 0 radical (unpaired) electrons. The first-order chi connectivity index (χ1) is 11.6. The Hall–Kier alpha value is -2.73. The minimum absolute atomic E-state index is 0.0530. The van der Waals surface area contributed by atoms with E-state index in [-0.39, 0.29) is 12.4 Å². The molecule has 0 spiro atoms. The number of nitrogens with zero attached hydrogens (tertiary/aromatic N) is 2. The molecule has 0 N–H and O–H groups in total. The number of hydrogen-bond donors (Lipinski definition) is 0.